The maximum absolute atomic E-state index is 12.2. The molecule has 0 spiro atoms. The molecule has 0 aromatic heterocycles. The molecule has 2 rings (SSSR count). The van der Waals surface area contributed by atoms with E-state index in [2.05, 4.69) is 38.5 Å². The van der Waals surface area contributed by atoms with Gasteiger partial charge in [-0.2, -0.15) is 0 Å². The van der Waals surface area contributed by atoms with E-state index in [0.717, 1.165) is 33.9 Å². The lowest BCUT2D eigenvalue weighted by atomic mass is 10.2. The number of carbonyl (C=O) groups excluding carboxylic acids is 1. The topological polar surface area (TPSA) is 20.3 Å². The first kappa shape index (κ1) is 12.4. The van der Waals surface area contributed by atoms with Gasteiger partial charge < -0.3 is 4.90 Å². The van der Waals surface area contributed by atoms with Gasteiger partial charge in [-0.1, -0.05) is 38.5 Å². The van der Waals surface area contributed by atoms with Gasteiger partial charge in [0.15, 0.2) is 0 Å². The summed E-state index contributed by atoms with van der Waals surface area (Å²) >= 11 is 5.74. The highest BCUT2D eigenvalue weighted by atomic mass is 127. The lowest BCUT2D eigenvalue weighted by Crippen LogP contribution is -2.36. The average molecular weight is 394 g/mol. The molecule has 16 heavy (non-hydrogen) atoms. The molecule has 0 saturated carbocycles. The Morgan fingerprint density at radius 3 is 2.75 bits per heavy atom. The lowest BCUT2D eigenvalue weighted by Gasteiger charge is -2.23. The molecule has 1 aromatic rings. The van der Waals surface area contributed by atoms with Crippen LogP contribution in [0.5, 0.6) is 0 Å². The fourth-order valence-corrected chi connectivity index (χ4v) is 3.20. The lowest BCUT2D eigenvalue weighted by molar-refractivity contribution is 0.0751. The summed E-state index contributed by atoms with van der Waals surface area (Å²) in [5.41, 5.74) is 0.792. The molecule has 0 aliphatic carbocycles. The van der Waals surface area contributed by atoms with Crippen LogP contribution in [-0.4, -0.2) is 27.8 Å². The molecule has 1 aliphatic rings. The summed E-state index contributed by atoms with van der Waals surface area (Å²) in [6.45, 7) is 0.905. The normalized spacial score (nSPS) is 20.1. The van der Waals surface area contributed by atoms with Gasteiger partial charge in [0.25, 0.3) is 5.91 Å². The second-order valence-electron chi connectivity index (χ2n) is 3.96. The second kappa shape index (κ2) is 5.49. The Hall–Kier alpha value is -0.100. The van der Waals surface area contributed by atoms with E-state index in [9.17, 15) is 4.79 Å². The fraction of sp³-hybridized carbons (Fsp3) is 0.417. The zero-order chi connectivity index (χ0) is 11.5. The van der Waals surface area contributed by atoms with Crippen LogP contribution in [0.1, 0.15) is 23.2 Å². The van der Waals surface area contributed by atoms with Gasteiger partial charge in [0, 0.05) is 27.1 Å². The molecule has 86 valence electrons. The van der Waals surface area contributed by atoms with Crippen LogP contribution < -0.4 is 0 Å². The predicted molar refractivity (Wildman–Crippen MR) is 77.1 cm³/mol. The minimum atomic E-state index is 0.173. The maximum atomic E-state index is 12.2. The summed E-state index contributed by atoms with van der Waals surface area (Å²) in [7, 11) is 0. The molecule has 1 fully saturated rings. The van der Waals surface area contributed by atoms with Crippen molar-refractivity contribution in [1.82, 2.24) is 4.90 Å². The van der Waals surface area contributed by atoms with Crippen LogP contribution >= 0.6 is 38.5 Å². The molecule has 2 nitrogen and oxygen atoms in total. The third-order valence-electron chi connectivity index (χ3n) is 2.91. The fourth-order valence-electron chi connectivity index (χ4n) is 2.02. The van der Waals surface area contributed by atoms with Crippen LogP contribution in [-0.2, 0) is 0 Å². The summed E-state index contributed by atoms with van der Waals surface area (Å²) in [4.78, 5) is 14.2. The van der Waals surface area contributed by atoms with Crippen molar-refractivity contribution >= 4 is 44.4 Å². The number of amides is 1. The molecule has 1 aromatic carbocycles. The van der Waals surface area contributed by atoms with Crippen molar-refractivity contribution in [3.05, 3.63) is 34.3 Å². The minimum absolute atomic E-state index is 0.173. The van der Waals surface area contributed by atoms with Gasteiger partial charge in [-0.25, -0.2) is 0 Å². The van der Waals surface area contributed by atoms with E-state index in [1.54, 1.807) is 0 Å². The van der Waals surface area contributed by atoms with E-state index in [0.29, 0.717) is 6.04 Å². The Bertz CT molecular complexity index is 379. The number of rotatable bonds is 2. The van der Waals surface area contributed by atoms with Crippen molar-refractivity contribution in [2.45, 2.75) is 18.9 Å². The Morgan fingerprint density at radius 1 is 1.44 bits per heavy atom. The van der Waals surface area contributed by atoms with Crippen molar-refractivity contribution in [2.24, 2.45) is 0 Å². The van der Waals surface area contributed by atoms with Gasteiger partial charge in [-0.15, -0.1) is 0 Å². The van der Waals surface area contributed by atoms with E-state index >= 15 is 0 Å². The minimum Gasteiger partial charge on any atom is -0.335 e. The summed E-state index contributed by atoms with van der Waals surface area (Å²) < 4.78 is 2.04. The Balaban J connectivity index is 2.15. The first-order valence-corrected chi connectivity index (χ1v) is 7.66. The van der Waals surface area contributed by atoms with Crippen molar-refractivity contribution < 1.29 is 4.79 Å². The van der Waals surface area contributed by atoms with Crippen LogP contribution in [0.2, 0.25) is 0 Å². The molecule has 4 heteroatoms. The molecule has 1 amide bonds. The number of carbonyl (C=O) groups is 1. The maximum Gasteiger partial charge on any atom is 0.254 e. The van der Waals surface area contributed by atoms with Gasteiger partial charge in [0.2, 0.25) is 0 Å². The van der Waals surface area contributed by atoms with Gasteiger partial charge in [0.1, 0.15) is 0 Å². The molecular formula is C12H13BrINO. The van der Waals surface area contributed by atoms with Crippen molar-refractivity contribution in [3.8, 4) is 0 Å². The van der Waals surface area contributed by atoms with Crippen molar-refractivity contribution in [1.29, 1.82) is 0 Å². The molecule has 1 heterocycles. The van der Waals surface area contributed by atoms with Crippen molar-refractivity contribution in [2.75, 3.05) is 11.0 Å². The summed E-state index contributed by atoms with van der Waals surface area (Å²) in [6, 6.07) is 8.03. The highest BCUT2D eigenvalue weighted by Crippen LogP contribution is 2.22. The Kier molecular flexibility index (Phi) is 4.24. The van der Waals surface area contributed by atoms with Gasteiger partial charge in [-0.05, 0) is 37.1 Å². The number of likely N-dealkylation sites (tertiary alicyclic amines) is 1. The first-order valence-electron chi connectivity index (χ1n) is 5.35. The van der Waals surface area contributed by atoms with Crippen LogP contribution in [0, 0.1) is 0 Å². The number of alkyl halides is 1. The number of benzene rings is 1. The quantitative estimate of drug-likeness (QED) is 0.556. The highest BCUT2D eigenvalue weighted by molar-refractivity contribution is 14.1. The average Bonchev–Trinajstić information content (AvgIpc) is 2.77. The van der Waals surface area contributed by atoms with Crippen molar-refractivity contribution in [3.63, 3.8) is 0 Å². The van der Waals surface area contributed by atoms with Crippen LogP contribution in [0.15, 0.2) is 28.7 Å². The second-order valence-corrected chi connectivity index (χ2v) is 5.75. The summed E-state index contributed by atoms with van der Waals surface area (Å²) in [5.74, 6) is 0.173. The Morgan fingerprint density at radius 2 is 2.12 bits per heavy atom. The molecular weight excluding hydrogens is 381 g/mol. The third kappa shape index (κ3) is 2.59. The number of hydrogen-bond acceptors (Lipinski definition) is 1. The molecule has 0 bridgehead atoms. The van der Waals surface area contributed by atoms with E-state index in [1.807, 2.05) is 29.2 Å². The molecule has 0 radical (unpaired) electrons. The van der Waals surface area contributed by atoms with E-state index in [1.165, 1.54) is 0 Å². The van der Waals surface area contributed by atoms with Gasteiger partial charge in [0.05, 0.1) is 0 Å². The molecule has 0 unspecified atom stereocenters. The van der Waals surface area contributed by atoms with Crippen LogP contribution in [0.25, 0.3) is 0 Å². The Labute approximate surface area is 118 Å². The smallest absolute Gasteiger partial charge is 0.254 e. The van der Waals surface area contributed by atoms with E-state index in [-0.39, 0.29) is 5.91 Å². The number of nitrogens with zero attached hydrogens (tertiary/aromatic N) is 1. The van der Waals surface area contributed by atoms with Gasteiger partial charge in [-0.3, -0.25) is 4.79 Å². The summed E-state index contributed by atoms with van der Waals surface area (Å²) in [5, 5.41) is 0. The largest absolute Gasteiger partial charge is 0.335 e. The SMILES string of the molecule is O=C(c1ccc(Br)cc1)N1CCC[C@H]1CI. The molecule has 1 saturated heterocycles. The molecule has 1 atom stereocenters. The van der Waals surface area contributed by atoms with E-state index < -0.39 is 0 Å². The zero-order valence-electron chi connectivity index (χ0n) is 8.83. The first-order chi connectivity index (χ1) is 7.72. The van der Waals surface area contributed by atoms with E-state index in [4.69, 9.17) is 0 Å². The monoisotopic (exact) mass is 393 g/mol. The number of hydrogen-bond donors (Lipinski definition) is 0. The zero-order valence-corrected chi connectivity index (χ0v) is 12.6. The molecule has 1 aliphatic heterocycles. The molecule has 0 N–H and O–H groups in total. The summed E-state index contributed by atoms with van der Waals surface area (Å²) in [6.07, 6.45) is 2.28. The number of halogens is 2. The third-order valence-corrected chi connectivity index (χ3v) is 4.45. The highest BCUT2D eigenvalue weighted by Gasteiger charge is 2.28. The van der Waals surface area contributed by atoms with Gasteiger partial charge >= 0.3 is 0 Å². The van der Waals surface area contributed by atoms with Crippen LogP contribution in [0.3, 0.4) is 0 Å². The standard InChI is InChI=1S/C12H13BrINO/c13-10-5-3-9(4-6-10)12(16)15-7-1-2-11(15)8-14/h3-6,11H,1-2,7-8H2/t11-/m0/s1. The van der Waals surface area contributed by atoms with Crippen LogP contribution in [0.4, 0.5) is 0 Å². The predicted octanol–water partition coefficient (Wildman–Crippen LogP) is 3.49.